The van der Waals surface area contributed by atoms with Crippen LogP contribution in [0, 0.1) is 0 Å². The fraction of sp³-hybridized carbons (Fsp3) is 0.429. The minimum absolute atomic E-state index is 0.0122. The summed E-state index contributed by atoms with van der Waals surface area (Å²) < 4.78 is 4.88. The first kappa shape index (κ1) is 16.5. The first-order valence-corrected chi connectivity index (χ1v) is 6.69. The third kappa shape index (κ3) is 5.59. The fourth-order valence-electron chi connectivity index (χ4n) is 1.63. The Morgan fingerprint density at radius 3 is 2.80 bits per heavy atom. The molecule has 0 aliphatic heterocycles. The average molecular weight is 299 g/mol. The zero-order valence-electron chi connectivity index (χ0n) is 11.7. The largest absolute Gasteiger partial charge is 0.385 e. The van der Waals surface area contributed by atoms with Crippen molar-refractivity contribution in [2.45, 2.75) is 6.42 Å². The number of methoxy groups -OCH3 is 1. The van der Waals surface area contributed by atoms with Gasteiger partial charge in [0, 0.05) is 37.9 Å². The molecule has 0 fully saturated rings. The summed E-state index contributed by atoms with van der Waals surface area (Å²) in [7, 11) is 3.19. The Balaban J connectivity index is 2.43. The summed E-state index contributed by atoms with van der Waals surface area (Å²) in [6, 6.07) is 6.65. The van der Waals surface area contributed by atoms with E-state index in [-0.39, 0.29) is 18.4 Å². The third-order valence-corrected chi connectivity index (χ3v) is 2.88. The lowest BCUT2D eigenvalue weighted by molar-refractivity contribution is -0.121. The van der Waals surface area contributed by atoms with Crippen molar-refractivity contribution in [2.24, 2.45) is 0 Å². The molecule has 0 saturated carbocycles. The standard InChI is InChI=1S/C14H19ClN2O3/c1-17(10-13(18)16-7-4-8-20-2)14(19)11-5-3-6-12(15)9-11/h3,5-6,9H,4,7-8,10H2,1-2H3,(H,16,18). The molecule has 0 atom stereocenters. The topological polar surface area (TPSA) is 58.6 Å². The minimum atomic E-state index is -0.237. The summed E-state index contributed by atoms with van der Waals surface area (Å²) in [6.45, 7) is 1.14. The maximum Gasteiger partial charge on any atom is 0.254 e. The maximum atomic E-state index is 12.1. The van der Waals surface area contributed by atoms with E-state index >= 15 is 0 Å². The molecule has 110 valence electrons. The molecule has 0 bridgehead atoms. The zero-order valence-corrected chi connectivity index (χ0v) is 12.4. The molecule has 1 N–H and O–H groups in total. The number of amides is 2. The first-order valence-electron chi connectivity index (χ1n) is 6.31. The van der Waals surface area contributed by atoms with Crippen molar-refractivity contribution < 1.29 is 14.3 Å². The molecule has 0 saturated heterocycles. The Bertz CT molecular complexity index is 465. The van der Waals surface area contributed by atoms with E-state index in [9.17, 15) is 9.59 Å². The Hall–Kier alpha value is -1.59. The summed E-state index contributed by atoms with van der Waals surface area (Å²) in [5.74, 6) is -0.432. The minimum Gasteiger partial charge on any atom is -0.385 e. The van der Waals surface area contributed by atoms with Gasteiger partial charge in [0.25, 0.3) is 5.91 Å². The van der Waals surface area contributed by atoms with Gasteiger partial charge in [-0.15, -0.1) is 0 Å². The van der Waals surface area contributed by atoms with Crippen LogP contribution in [-0.2, 0) is 9.53 Å². The van der Waals surface area contributed by atoms with Gasteiger partial charge in [-0.25, -0.2) is 0 Å². The van der Waals surface area contributed by atoms with Crippen LogP contribution < -0.4 is 5.32 Å². The van der Waals surface area contributed by atoms with Crippen molar-refractivity contribution in [3.8, 4) is 0 Å². The molecule has 0 aliphatic rings. The lowest BCUT2D eigenvalue weighted by Gasteiger charge is -2.17. The Kier molecular flexibility index (Phi) is 7.04. The van der Waals surface area contributed by atoms with Gasteiger partial charge in [-0.1, -0.05) is 17.7 Å². The second-order valence-electron chi connectivity index (χ2n) is 4.37. The highest BCUT2D eigenvalue weighted by molar-refractivity contribution is 6.30. The van der Waals surface area contributed by atoms with Crippen LogP contribution in [0.15, 0.2) is 24.3 Å². The number of hydrogen-bond donors (Lipinski definition) is 1. The Labute approximate surface area is 123 Å². The molecule has 1 aromatic rings. The van der Waals surface area contributed by atoms with Crippen molar-refractivity contribution in [1.29, 1.82) is 0 Å². The second kappa shape index (κ2) is 8.55. The smallest absolute Gasteiger partial charge is 0.254 e. The van der Waals surface area contributed by atoms with E-state index in [1.54, 1.807) is 38.4 Å². The van der Waals surface area contributed by atoms with Crippen molar-refractivity contribution >= 4 is 23.4 Å². The van der Waals surface area contributed by atoms with Gasteiger partial charge in [0.2, 0.25) is 5.91 Å². The van der Waals surface area contributed by atoms with Gasteiger partial charge >= 0.3 is 0 Å². The molecule has 0 spiro atoms. The van der Waals surface area contributed by atoms with Crippen LogP contribution in [0.1, 0.15) is 16.8 Å². The summed E-state index contributed by atoms with van der Waals surface area (Å²) in [5.41, 5.74) is 0.465. The molecular weight excluding hydrogens is 280 g/mol. The molecule has 20 heavy (non-hydrogen) atoms. The molecule has 0 heterocycles. The first-order chi connectivity index (χ1) is 9.54. The number of likely N-dealkylation sites (N-methyl/N-ethyl adjacent to an activating group) is 1. The number of ether oxygens (including phenoxy) is 1. The molecule has 2 amide bonds. The highest BCUT2D eigenvalue weighted by atomic mass is 35.5. The van der Waals surface area contributed by atoms with E-state index in [0.717, 1.165) is 6.42 Å². The fourth-order valence-corrected chi connectivity index (χ4v) is 1.82. The molecule has 1 aromatic carbocycles. The van der Waals surface area contributed by atoms with Crippen LogP contribution in [0.4, 0.5) is 0 Å². The monoisotopic (exact) mass is 298 g/mol. The van der Waals surface area contributed by atoms with Crippen molar-refractivity contribution in [1.82, 2.24) is 10.2 Å². The van der Waals surface area contributed by atoms with Crippen LogP contribution in [0.3, 0.4) is 0 Å². The molecule has 0 aromatic heterocycles. The van der Waals surface area contributed by atoms with E-state index in [1.807, 2.05) is 0 Å². The van der Waals surface area contributed by atoms with E-state index < -0.39 is 0 Å². The van der Waals surface area contributed by atoms with Crippen LogP contribution in [0.5, 0.6) is 0 Å². The number of benzene rings is 1. The van der Waals surface area contributed by atoms with E-state index in [2.05, 4.69) is 5.32 Å². The van der Waals surface area contributed by atoms with Crippen LogP contribution in [0.25, 0.3) is 0 Å². The SMILES string of the molecule is COCCCNC(=O)CN(C)C(=O)c1cccc(Cl)c1. The van der Waals surface area contributed by atoms with Gasteiger partial charge < -0.3 is 15.0 Å². The van der Waals surface area contributed by atoms with Crippen LogP contribution in [-0.4, -0.2) is 50.6 Å². The highest BCUT2D eigenvalue weighted by Gasteiger charge is 2.14. The number of rotatable bonds is 7. The molecule has 0 radical (unpaired) electrons. The summed E-state index contributed by atoms with van der Waals surface area (Å²) in [6.07, 6.45) is 0.744. The predicted molar refractivity (Wildman–Crippen MR) is 77.9 cm³/mol. The van der Waals surface area contributed by atoms with Gasteiger partial charge in [-0.3, -0.25) is 9.59 Å². The maximum absolute atomic E-state index is 12.1. The number of carbonyl (C=O) groups is 2. The second-order valence-corrected chi connectivity index (χ2v) is 4.80. The molecular formula is C14H19ClN2O3. The highest BCUT2D eigenvalue weighted by Crippen LogP contribution is 2.12. The van der Waals surface area contributed by atoms with Crippen LogP contribution in [0.2, 0.25) is 5.02 Å². The number of nitrogens with zero attached hydrogens (tertiary/aromatic N) is 1. The lowest BCUT2D eigenvalue weighted by atomic mass is 10.2. The summed E-state index contributed by atoms with van der Waals surface area (Å²) >= 11 is 5.84. The van der Waals surface area contributed by atoms with Crippen molar-refractivity contribution in [2.75, 3.05) is 33.9 Å². The normalized spacial score (nSPS) is 10.2. The predicted octanol–water partition coefficient (Wildman–Crippen LogP) is 1.56. The van der Waals surface area contributed by atoms with Gasteiger partial charge in [-0.05, 0) is 24.6 Å². The molecule has 1 rings (SSSR count). The quantitative estimate of drug-likeness (QED) is 0.777. The molecule has 6 heteroatoms. The number of carbonyl (C=O) groups excluding carboxylic acids is 2. The van der Waals surface area contributed by atoms with Gasteiger partial charge in [0.15, 0.2) is 0 Å². The van der Waals surface area contributed by atoms with Gasteiger partial charge in [0.1, 0.15) is 0 Å². The van der Waals surface area contributed by atoms with Gasteiger partial charge in [0.05, 0.1) is 6.54 Å². The Morgan fingerprint density at radius 2 is 2.15 bits per heavy atom. The molecule has 0 aliphatic carbocycles. The van der Waals surface area contributed by atoms with Crippen molar-refractivity contribution in [3.05, 3.63) is 34.9 Å². The average Bonchev–Trinajstić information content (AvgIpc) is 2.42. The number of halogens is 1. The van der Waals surface area contributed by atoms with Crippen LogP contribution >= 0.6 is 11.6 Å². The lowest BCUT2D eigenvalue weighted by Crippen LogP contribution is -2.38. The third-order valence-electron chi connectivity index (χ3n) is 2.65. The van der Waals surface area contributed by atoms with E-state index in [0.29, 0.717) is 23.7 Å². The molecule has 5 nitrogen and oxygen atoms in total. The zero-order chi connectivity index (χ0) is 15.0. The summed E-state index contributed by atoms with van der Waals surface area (Å²) in [4.78, 5) is 25.1. The van der Waals surface area contributed by atoms with E-state index in [1.165, 1.54) is 4.90 Å². The number of hydrogen-bond acceptors (Lipinski definition) is 3. The Morgan fingerprint density at radius 1 is 1.40 bits per heavy atom. The van der Waals surface area contributed by atoms with Gasteiger partial charge in [-0.2, -0.15) is 0 Å². The summed E-state index contributed by atoms with van der Waals surface area (Å²) in [5, 5.41) is 3.22. The van der Waals surface area contributed by atoms with E-state index in [4.69, 9.17) is 16.3 Å². The number of nitrogens with one attached hydrogen (secondary N) is 1. The van der Waals surface area contributed by atoms with Crippen molar-refractivity contribution in [3.63, 3.8) is 0 Å². The molecule has 0 unspecified atom stereocenters.